The van der Waals surface area contributed by atoms with Crippen molar-refractivity contribution in [3.63, 3.8) is 0 Å². The Morgan fingerprint density at radius 3 is 2.76 bits per heavy atom. The summed E-state index contributed by atoms with van der Waals surface area (Å²) in [7, 11) is 3.01. The maximum Gasteiger partial charge on any atom is 0.251 e. The van der Waals surface area contributed by atoms with Crippen molar-refractivity contribution < 1.29 is 14.4 Å². The molecule has 1 aliphatic rings. The molecule has 1 saturated heterocycles. The highest BCUT2D eigenvalue weighted by atomic mass is 16.7. The Morgan fingerprint density at radius 1 is 1.43 bits per heavy atom. The van der Waals surface area contributed by atoms with Gasteiger partial charge in [-0.25, -0.2) is 5.06 Å². The van der Waals surface area contributed by atoms with Gasteiger partial charge < -0.3 is 4.90 Å². The summed E-state index contributed by atoms with van der Waals surface area (Å²) in [6, 6.07) is 7.94. The third-order valence-corrected chi connectivity index (χ3v) is 3.91. The summed E-state index contributed by atoms with van der Waals surface area (Å²) in [4.78, 5) is 30.9. The van der Waals surface area contributed by atoms with Crippen LogP contribution >= 0.6 is 0 Å². The van der Waals surface area contributed by atoms with E-state index in [9.17, 15) is 9.59 Å². The minimum absolute atomic E-state index is 0.0150. The number of amides is 2. The maximum absolute atomic E-state index is 12.2. The molecule has 1 heterocycles. The Balaban J connectivity index is 2.17. The summed E-state index contributed by atoms with van der Waals surface area (Å²) in [6.45, 7) is 4.64. The van der Waals surface area contributed by atoms with E-state index in [1.807, 2.05) is 18.2 Å². The number of carbonyl (C=O) groups is 2. The summed E-state index contributed by atoms with van der Waals surface area (Å²) in [6.07, 6.45) is 0.235. The van der Waals surface area contributed by atoms with E-state index >= 15 is 0 Å². The number of carbonyl (C=O) groups excluding carboxylic acids is 2. The number of benzene rings is 1. The van der Waals surface area contributed by atoms with E-state index in [-0.39, 0.29) is 24.2 Å². The normalized spacial score (nSPS) is 18.4. The van der Waals surface area contributed by atoms with Crippen LogP contribution in [0.15, 0.2) is 24.3 Å². The fraction of sp³-hybridized carbons (Fsp3) is 0.500. The standard InChI is InChI=1S/C16H22N2O3/c1-11(2)12-6-5-7-14(8-12)18-10-13(9-15(18)19)16(20)17(3)21-4/h5-8,11,13H,9-10H2,1-4H3. The molecule has 0 saturated carbocycles. The molecule has 0 N–H and O–H groups in total. The fourth-order valence-electron chi connectivity index (χ4n) is 2.52. The number of anilines is 1. The van der Waals surface area contributed by atoms with E-state index in [1.165, 1.54) is 17.7 Å². The van der Waals surface area contributed by atoms with E-state index in [2.05, 4.69) is 19.9 Å². The largest absolute Gasteiger partial charge is 0.312 e. The van der Waals surface area contributed by atoms with Gasteiger partial charge in [0, 0.05) is 25.7 Å². The van der Waals surface area contributed by atoms with Crippen molar-refractivity contribution >= 4 is 17.5 Å². The van der Waals surface area contributed by atoms with Crippen molar-refractivity contribution in [2.24, 2.45) is 5.92 Å². The highest BCUT2D eigenvalue weighted by Gasteiger charge is 2.36. The van der Waals surface area contributed by atoms with Gasteiger partial charge in [0.1, 0.15) is 0 Å². The van der Waals surface area contributed by atoms with Crippen LogP contribution in [0.3, 0.4) is 0 Å². The SMILES string of the molecule is CON(C)C(=O)C1CC(=O)N(c2cccc(C(C)C)c2)C1. The number of hydroxylamine groups is 2. The van der Waals surface area contributed by atoms with Gasteiger partial charge in [0.2, 0.25) is 5.91 Å². The van der Waals surface area contributed by atoms with Crippen molar-refractivity contribution in [1.82, 2.24) is 5.06 Å². The van der Waals surface area contributed by atoms with Gasteiger partial charge in [-0.1, -0.05) is 26.0 Å². The molecule has 1 aromatic carbocycles. The van der Waals surface area contributed by atoms with Gasteiger partial charge in [0.05, 0.1) is 13.0 Å². The van der Waals surface area contributed by atoms with Crippen LogP contribution in [-0.2, 0) is 14.4 Å². The van der Waals surface area contributed by atoms with Gasteiger partial charge in [-0.3, -0.25) is 14.4 Å². The molecule has 21 heavy (non-hydrogen) atoms. The van der Waals surface area contributed by atoms with Crippen LogP contribution in [0.25, 0.3) is 0 Å². The molecule has 2 amide bonds. The molecular weight excluding hydrogens is 268 g/mol. The van der Waals surface area contributed by atoms with E-state index < -0.39 is 0 Å². The van der Waals surface area contributed by atoms with E-state index in [4.69, 9.17) is 4.84 Å². The molecular formula is C16H22N2O3. The van der Waals surface area contributed by atoms with Crippen molar-refractivity contribution in [3.05, 3.63) is 29.8 Å². The average Bonchev–Trinajstić information content (AvgIpc) is 2.87. The van der Waals surface area contributed by atoms with E-state index in [0.717, 1.165) is 5.69 Å². The van der Waals surface area contributed by atoms with Gasteiger partial charge in [-0.15, -0.1) is 0 Å². The minimum Gasteiger partial charge on any atom is -0.312 e. The first kappa shape index (κ1) is 15.5. The molecule has 1 fully saturated rings. The Morgan fingerprint density at radius 2 is 2.14 bits per heavy atom. The molecule has 0 aliphatic carbocycles. The van der Waals surface area contributed by atoms with Gasteiger partial charge in [0.15, 0.2) is 0 Å². The van der Waals surface area contributed by atoms with Crippen molar-refractivity contribution in [2.45, 2.75) is 26.2 Å². The average molecular weight is 290 g/mol. The molecule has 114 valence electrons. The molecule has 2 rings (SSSR count). The molecule has 0 bridgehead atoms. The molecule has 1 atom stereocenters. The van der Waals surface area contributed by atoms with E-state index in [1.54, 1.807) is 11.9 Å². The van der Waals surface area contributed by atoms with Gasteiger partial charge in [0.25, 0.3) is 5.91 Å². The zero-order chi connectivity index (χ0) is 15.6. The molecule has 5 nitrogen and oxygen atoms in total. The number of rotatable bonds is 4. The van der Waals surface area contributed by atoms with Crippen molar-refractivity contribution in [1.29, 1.82) is 0 Å². The summed E-state index contributed by atoms with van der Waals surface area (Å²) >= 11 is 0. The second-order valence-corrected chi connectivity index (χ2v) is 5.67. The topological polar surface area (TPSA) is 49.9 Å². The predicted octanol–water partition coefficient (Wildman–Crippen LogP) is 2.18. The molecule has 1 aliphatic heterocycles. The van der Waals surface area contributed by atoms with Crippen LogP contribution in [0.5, 0.6) is 0 Å². The quantitative estimate of drug-likeness (QED) is 0.799. The molecule has 0 spiro atoms. The van der Waals surface area contributed by atoms with Gasteiger partial charge in [-0.05, 0) is 23.6 Å². The molecule has 1 aromatic rings. The smallest absolute Gasteiger partial charge is 0.251 e. The number of hydrogen-bond acceptors (Lipinski definition) is 3. The van der Waals surface area contributed by atoms with Crippen LogP contribution in [0.2, 0.25) is 0 Å². The lowest BCUT2D eigenvalue weighted by Crippen LogP contribution is -2.34. The van der Waals surface area contributed by atoms with E-state index in [0.29, 0.717) is 12.5 Å². The lowest BCUT2D eigenvalue weighted by Gasteiger charge is -2.20. The Bertz CT molecular complexity index is 542. The van der Waals surface area contributed by atoms with Crippen molar-refractivity contribution in [2.75, 3.05) is 25.6 Å². The second kappa shape index (κ2) is 6.26. The molecule has 0 aromatic heterocycles. The Labute approximate surface area is 125 Å². The molecule has 0 radical (unpaired) electrons. The third kappa shape index (κ3) is 3.24. The summed E-state index contributed by atoms with van der Waals surface area (Å²) in [5.41, 5.74) is 2.05. The first-order chi connectivity index (χ1) is 9.93. The van der Waals surface area contributed by atoms with Crippen LogP contribution in [-0.4, -0.2) is 37.6 Å². The molecule has 1 unspecified atom stereocenters. The highest BCUT2D eigenvalue weighted by Crippen LogP contribution is 2.28. The molecule has 5 heteroatoms. The summed E-state index contributed by atoms with van der Waals surface area (Å²) in [5, 5.41) is 1.19. The highest BCUT2D eigenvalue weighted by molar-refractivity contribution is 6.00. The summed E-state index contributed by atoms with van der Waals surface area (Å²) < 4.78 is 0. The number of hydrogen-bond donors (Lipinski definition) is 0. The zero-order valence-corrected chi connectivity index (χ0v) is 13.0. The van der Waals surface area contributed by atoms with Gasteiger partial charge >= 0.3 is 0 Å². The first-order valence-electron chi connectivity index (χ1n) is 7.16. The fourth-order valence-corrected chi connectivity index (χ4v) is 2.52. The monoisotopic (exact) mass is 290 g/mol. The predicted molar refractivity (Wildman–Crippen MR) is 80.8 cm³/mol. The third-order valence-electron chi connectivity index (χ3n) is 3.91. The lowest BCUT2D eigenvalue weighted by atomic mass is 10.0. The van der Waals surface area contributed by atoms with Crippen LogP contribution in [0.1, 0.15) is 31.7 Å². The van der Waals surface area contributed by atoms with Crippen LogP contribution in [0, 0.1) is 5.92 Å². The Hall–Kier alpha value is -1.88. The second-order valence-electron chi connectivity index (χ2n) is 5.67. The minimum atomic E-state index is -0.342. The number of nitrogens with zero attached hydrogens (tertiary/aromatic N) is 2. The maximum atomic E-state index is 12.2. The lowest BCUT2D eigenvalue weighted by molar-refractivity contribution is -0.172. The van der Waals surface area contributed by atoms with Gasteiger partial charge in [-0.2, -0.15) is 0 Å². The Kier molecular flexibility index (Phi) is 4.63. The van der Waals surface area contributed by atoms with Crippen molar-refractivity contribution in [3.8, 4) is 0 Å². The van der Waals surface area contributed by atoms with Crippen LogP contribution < -0.4 is 4.90 Å². The summed E-state index contributed by atoms with van der Waals surface area (Å²) in [5.74, 6) is -0.114. The first-order valence-corrected chi connectivity index (χ1v) is 7.16. The zero-order valence-electron chi connectivity index (χ0n) is 13.0. The van der Waals surface area contributed by atoms with Crippen LogP contribution in [0.4, 0.5) is 5.69 Å².